The van der Waals surface area contributed by atoms with Gasteiger partial charge in [0, 0.05) is 0 Å². The van der Waals surface area contributed by atoms with Gasteiger partial charge in [0.15, 0.2) is 0 Å². The molecule has 0 aliphatic rings. The Hall–Kier alpha value is -0.870. The highest BCUT2D eigenvalue weighted by atomic mass is 32.2. The maximum absolute atomic E-state index is 12.0. The Kier molecular flexibility index (Phi) is 5.85. The molecule has 0 rings (SSSR count). The van der Waals surface area contributed by atoms with Gasteiger partial charge >= 0.3 is 21.5 Å². The highest BCUT2D eigenvalue weighted by molar-refractivity contribution is 7.90. The van der Waals surface area contributed by atoms with Gasteiger partial charge < -0.3 is 10.8 Å². The fraction of sp³-hybridized carbons (Fsp3) is 0.857. The van der Waals surface area contributed by atoms with Crippen LogP contribution in [0.2, 0.25) is 0 Å². The minimum atomic E-state index is -5.64. The van der Waals surface area contributed by atoms with Crippen LogP contribution in [-0.2, 0) is 14.8 Å². The molecular weight excluding hydrogens is 265 g/mol. The number of carboxylic acids is 1. The van der Waals surface area contributed by atoms with Crippen molar-refractivity contribution in [1.29, 1.82) is 0 Å². The minimum Gasteiger partial charge on any atom is -0.480 e. The molecule has 4 N–H and O–H groups in total. The summed E-state index contributed by atoms with van der Waals surface area (Å²) in [6, 6.07) is -1.80. The summed E-state index contributed by atoms with van der Waals surface area (Å²) in [6.07, 6.45) is 0.368. The van der Waals surface area contributed by atoms with Gasteiger partial charge in [0.1, 0.15) is 6.04 Å². The van der Waals surface area contributed by atoms with E-state index in [0.717, 1.165) is 4.72 Å². The largest absolute Gasteiger partial charge is 0.511 e. The molecule has 0 aromatic carbocycles. The third-order valence-corrected chi connectivity index (χ3v) is 3.05. The zero-order valence-corrected chi connectivity index (χ0v) is 9.51. The van der Waals surface area contributed by atoms with Crippen LogP contribution in [0, 0.1) is 0 Å². The third-order valence-electron chi connectivity index (χ3n) is 1.85. The zero-order valence-electron chi connectivity index (χ0n) is 8.70. The summed E-state index contributed by atoms with van der Waals surface area (Å²) in [5.41, 5.74) is -0.398. The summed E-state index contributed by atoms with van der Waals surface area (Å²) in [4.78, 5) is 10.6. The zero-order chi connectivity index (χ0) is 13.7. The number of halogens is 3. The van der Waals surface area contributed by atoms with E-state index in [1.54, 1.807) is 0 Å². The van der Waals surface area contributed by atoms with Gasteiger partial charge in [0.05, 0.1) is 0 Å². The van der Waals surface area contributed by atoms with Crippen molar-refractivity contribution < 1.29 is 31.5 Å². The molecule has 6 nitrogen and oxygen atoms in total. The number of unbranched alkanes of at least 4 members (excludes halogenated alkanes) is 1. The average molecular weight is 278 g/mol. The molecule has 17 heavy (non-hydrogen) atoms. The number of hydrogen-bond donors (Lipinski definition) is 3. The summed E-state index contributed by atoms with van der Waals surface area (Å²) in [6.45, 7) is 0.248. The number of nitrogens with one attached hydrogen (secondary N) is 1. The van der Waals surface area contributed by atoms with Crippen molar-refractivity contribution in [3.63, 3.8) is 0 Å². The Balaban J connectivity index is 4.62. The maximum Gasteiger partial charge on any atom is 0.511 e. The van der Waals surface area contributed by atoms with Crippen LogP contribution >= 0.6 is 0 Å². The van der Waals surface area contributed by atoms with Gasteiger partial charge in [-0.25, -0.2) is 8.42 Å². The van der Waals surface area contributed by atoms with Crippen molar-refractivity contribution in [3.05, 3.63) is 0 Å². The van der Waals surface area contributed by atoms with Crippen molar-refractivity contribution in [1.82, 2.24) is 4.72 Å². The van der Waals surface area contributed by atoms with Crippen LogP contribution in [0.15, 0.2) is 0 Å². The first-order chi connectivity index (χ1) is 7.62. The second-order valence-corrected chi connectivity index (χ2v) is 4.95. The predicted octanol–water partition coefficient (Wildman–Crippen LogP) is 0.00780. The number of nitrogens with two attached hydrogens (primary N) is 1. The monoisotopic (exact) mass is 278 g/mol. The van der Waals surface area contributed by atoms with E-state index in [0.29, 0.717) is 6.42 Å². The van der Waals surface area contributed by atoms with Crippen LogP contribution in [0.4, 0.5) is 13.2 Å². The fourth-order valence-electron chi connectivity index (χ4n) is 0.980. The molecule has 102 valence electrons. The first-order valence-corrected chi connectivity index (χ1v) is 6.11. The quantitative estimate of drug-likeness (QED) is 0.568. The van der Waals surface area contributed by atoms with Gasteiger partial charge in [-0.15, -0.1) is 0 Å². The van der Waals surface area contributed by atoms with Gasteiger partial charge in [0.2, 0.25) is 0 Å². The Morgan fingerprint density at radius 1 is 1.35 bits per heavy atom. The molecule has 0 spiro atoms. The molecule has 0 radical (unpaired) electrons. The van der Waals surface area contributed by atoms with Crippen LogP contribution in [0.1, 0.15) is 19.3 Å². The molecule has 0 aromatic heterocycles. The van der Waals surface area contributed by atoms with Gasteiger partial charge in [0.25, 0.3) is 0 Å². The molecule has 0 unspecified atom stereocenters. The SMILES string of the molecule is NCCCC[C@H](NS(=O)(=O)C(F)(F)F)C(=O)O. The Bertz CT molecular complexity index is 355. The Morgan fingerprint density at radius 2 is 1.88 bits per heavy atom. The van der Waals surface area contributed by atoms with Crippen molar-refractivity contribution in [3.8, 4) is 0 Å². The van der Waals surface area contributed by atoms with Crippen LogP contribution in [0.5, 0.6) is 0 Å². The van der Waals surface area contributed by atoms with E-state index in [-0.39, 0.29) is 19.4 Å². The van der Waals surface area contributed by atoms with Crippen LogP contribution in [0.3, 0.4) is 0 Å². The number of carbonyl (C=O) groups is 1. The smallest absolute Gasteiger partial charge is 0.480 e. The highest BCUT2D eigenvalue weighted by Gasteiger charge is 2.47. The van der Waals surface area contributed by atoms with E-state index in [1.807, 2.05) is 0 Å². The number of hydrogen-bond acceptors (Lipinski definition) is 4. The molecule has 1 atom stereocenters. The van der Waals surface area contributed by atoms with Crippen LogP contribution in [-0.4, -0.2) is 37.6 Å². The van der Waals surface area contributed by atoms with E-state index in [9.17, 15) is 26.4 Å². The molecular formula is C7H13F3N2O4S. The lowest BCUT2D eigenvalue weighted by Crippen LogP contribution is -2.46. The normalized spacial score (nSPS) is 14.6. The van der Waals surface area contributed by atoms with Gasteiger partial charge in [-0.3, -0.25) is 4.79 Å². The molecule has 0 bridgehead atoms. The third kappa shape index (κ3) is 5.33. The lowest BCUT2D eigenvalue weighted by atomic mass is 10.1. The summed E-state index contributed by atoms with van der Waals surface area (Å²) in [5.74, 6) is -1.66. The molecule has 0 amide bonds. The Labute approximate surface area is 96.0 Å². The van der Waals surface area contributed by atoms with E-state index >= 15 is 0 Å². The van der Waals surface area contributed by atoms with Crippen LogP contribution in [0.25, 0.3) is 0 Å². The highest BCUT2D eigenvalue weighted by Crippen LogP contribution is 2.22. The summed E-state index contributed by atoms with van der Waals surface area (Å²) in [5, 5.41) is 8.58. The molecule has 0 aliphatic heterocycles. The lowest BCUT2D eigenvalue weighted by molar-refractivity contribution is -0.139. The second-order valence-electron chi connectivity index (χ2n) is 3.24. The minimum absolute atomic E-state index is 0.216. The topological polar surface area (TPSA) is 109 Å². The van der Waals surface area contributed by atoms with Crippen molar-refractivity contribution >= 4 is 16.0 Å². The number of aliphatic carboxylic acids is 1. The molecule has 0 saturated heterocycles. The molecule has 0 fully saturated rings. The number of sulfonamides is 1. The predicted molar refractivity (Wildman–Crippen MR) is 52.4 cm³/mol. The van der Waals surface area contributed by atoms with Gasteiger partial charge in [-0.05, 0) is 19.4 Å². The van der Waals surface area contributed by atoms with E-state index in [2.05, 4.69) is 0 Å². The molecule has 0 heterocycles. The second kappa shape index (κ2) is 6.17. The maximum atomic E-state index is 12.0. The van der Waals surface area contributed by atoms with Gasteiger partial charge in [-0.1, -0.05) is 6.42 Å². The first kappa shape index (κ1) is 16.1. The summed E-state index contributed by atoms with van der Waals surface area (Å²) >= 11 is 0. The van der Waals surface area contributed by atoms with E-state index in [4.69, 9.17) is 10.8 Å². The summed E-state index contributed by atoms with van der Waals surface area (Å²) < 4.78 is 58.4. The van der Waals surface area contributed by atoms with Crippen LogP contribution < -0.4 is 10.5 Å². The van der Waals surface area contributed by atoms with Crippen molar-refractivity contribution in [2.75, 3.05) is 6.54 Å². The van der Waals surface area contributed by atoms with E-state index < -0.39 is 27.5 Å². The van der Waals surface area contributed by atoms with E-state index in [1.165, 1.54) is 0 Å². The van der Waals surface area contributed by atoms with Crippen molar-refractivity contribution in [2.24, 2.45) is 5.73 Å². The molecule has 10 heteroatoms. The molecule has 0 aromatic rings. The standard InChI is InChI=1S/C7H13F3N2O4S/c8-7(9,10)17(15,16)12-5(6(13)14)3-1-2-4-11/h5,12H,1-4,11H2,(H,13,14)/t5-/m0/s1. The number of rotatable bonds is 7. The average Bonchev–Trinajstić information content (AvgIpc) is 2.14. The first-order valence-electron chi connectivity index (χ1n) is 4.63. The lowest BCUT2D eigenvalue weighted by Gasteiger charge is -2.15. The van der Waals surface area contributed by atoms with Crippen molar-refractivity contribution in [2.45, 2.75) is 30.8 Å². The van der Waals surface area contributed by atoms with Gasteiger partial charge in [-0.2, -0.15) is 17.9 Å². The number of alkyl halides is 3. The molecule has 0 aliphatic carbocycles. The Morgan fingerprint density at radius 3 is 2.24 bits per heavy atom. The number of carboxylic acid groups (broad SMARTS) is 1. The summed E-state index contributed by atoms with van der Waals surface area (Å²) in [7, 11) is -5.64. The molecule has 0 saturated carbocycles. The fourth-order valence-corrected chi connectivity index (χ4v) is 1.71.